The summed E-state index contributed by atoms with van der Waals surface area (Å²) in [7, 11) is 0. The standard InChI is InChI=1S/C17H17NO3/c19-17(21-12-13-6-2-1-3-7-13)18-15-10-11-20-16-9-5-4-8-14(15)16/h1-9,15H,10-12H2,(H,18,19). The number of ether oxygens (including phenoxy) is 2. The zero-order valence-electron chi connectivity index (χ0n) is 11.6. The molecule has 0 spiro atoms. The molecule has 0 aromatic heterocycles. The molecular weight excluding hydrogens is 266 g/mol. The van der Waals surface area contributed by atoms with E-state index in [0.29, 0.717) is 6.61 Å². The third kappa shape index (κ3) is 3.34. The minimum atomic E-state index is -0.402. The molecule has 0 saturated heterocycles. The fourth-order valence-electron chi connectivity index (χ4n) is 2.40. The van der Waals surface area contributed by atoms with Crippen LogP contribution in [0.15, 0.2) is 54.6 Å². The average molecular weight is 283 g/mol. The van der Waals surface area contributed by atoms with E-state index in [4.69, 9.17) is 9.47 Å². The molecule has 1 heterocycles. The van der Waals surface area contributed by atoms with Crippen LogP contribution in [0.4, 0.5) is 4.79 Å². The second kappa shape index (κ2) is 6.31. The predicted octanol–water partition coefficient (Wildman–Crippen LogP) is 3.44. The SMILES string of the molecule is O=C(NC1CCOc2ccccc21)OCc1ccccc1. The molecule has 1 atom stereocenters. The Morgan fingerprint density at radius 3 is 2.76 bits per heavy atom. The van der Waals surface area contributed by atoms with Crippen molar-refractivity contribution in [1.29, 1.82) is 0 Å². The molecule has 2 aromatic carbocycles. The highest BCUT2D eigenvalue weighted by Gasteiger charge is 2.22. The van der Waals surface area contributed by atoms with Gasteiger partial charge in [-0.15, -0.1) is 0 Å². The quantitative estimate of drug-likeness (QED) is 0.938. The fraction of sp³-hybridized carbons (Fsp3) is 0.235. The first kappa shape index (κ1) is 13.5. The highest BCUT2D eigenvalue weighted by molar-refractivity contribution is 5.68. The van der Waals surface area contributed by atoms with Gasteiger partial charge in [-0.3, -0.25) is 0 Å². The first-order valence-corrected chi connectivity index (χ1v) is 7.02. The molecule has 0 bridgehead atoms. The van der Waals surface area contributed by atoms with Crippen LogP contribution in [-0.2, 0) is 11.3 Å². The lowest BCUT2D eigenvalue weighted by molar-refractivity contribution is 0.131. The van der Waals surface area contributed by atoms with E-state index in [1.807, 2.05) is 54.6 Å². The van der Waals surface area contributed by atoms with Gasteiger partial charge in [0, 0.05) is 12.0 Å². The van der Waals surface area contributed by atoms with Crippen molar-refractivity contribution in [3.8, 4) is 5.75 Å². The summed E-state index contributed by atoms with van der Waals surface area (Å²) in [4.78, 5) is 11.9. The second-order valence-corrected chi connectivity index (χ2v) is 4.93. The van der Waals surface area contributed by atoms with E-state index in [-0.39, 0.29) is 12.6 Å². The highest BCUT2D eigenvalue weighted by Crippen LogP contribution is 2.31. The maximum atomic E-state index is 11.9. The molecule has 1 amide bonds. The molecular formula is C17H17NO3. The lowest BCUT2D eigenvalue weighted by Crippen LogP contribution is -2.32. The molecule has 3 rings (SSSR count). The van der Waals surface area contributed by atoms with Gasteiger partial charge in [-0.1, -0.05) is 48.5 Å². The lowest BCUT2D eigenvalue weighted by atomic mass is 10.0. The Morgan fingerprint density at radius 1 is 1.14 bits per heavy atom. The molecule has 0 fully saturated rings. The molecule has 0 aliphatic carbocycles. The van der Waals surface area contributed by atoms with Crippen molar-refractivity contribution in [1.82, 2.24) is 5.32 Å². The topological polar surface area (TPSA) is 47.6 Å². The number of fused-ring (bicyclic) bond motifs is 1. The number of rotatable bonds is 3. The Kier molecular flexibility index (Phi) is 4.05. The fourth-order valence-corrected chi connectivity index (χ4v) is 2.40. The lowest BCUT2D eigenvalue weighted by Gasteiger charge is -2.26. The van der Waals surface area contributed by atoms with E-state index in [1.165, 1.54) is 0 Å². The summed E-state index contributed by atoms with van der Waals surface area (Å²) in [6.45, 7) is 0.873. The molecule has 4 heteroatoms. The Balaban J connectivity index is 1.58. The van der Waals surface area contributed by atoms with Gasteiger partial charge >= 0.3 is 6.09 Å². The monoisotopic (exact) mass is 283 g/mol. The van der Waals surface area contributed by atoms with Crippen LogP contribution < -0.4 is 10.1 Å². The van der Waals surface area contributed by atoms with Crippen LogP contribution in [-0.4, -0.2) is 12.7 Å². The number of nitrogens with one attached hydrogen (secondary N) is 1. The van der Waals surface area contributed by atoms with Gasteiger partial charge in [-0.05, 0) is 11.6 Å². The van der Waals surface area contributed by atoms with Gasteiger partial charge in [-0.25, -0.2) is 4.79 Å². The van der Waals surface area contributed by atoms with Gasteiger partial charge in [-0.2, -0.15) is 0 Å². The maximum Gasteiger partial charge on any atom is 0.407 e. The van der Waals surface area contributed by atoms with Crippen molar-refractivity contribution in [2.75, 3.05) is 6.61 Å². The van der Waals surface area contributed by atoms with Gasteiger partial charge < -0.3 is 14.8 Å². The normalized spacial score (nSPS) is 16.5. The minimum Gasteiger partial charge on any atom is -0.493 e. The van der Waals surface area contributed by atoms with E-state index in [9.17, 15) is 4.79 Å². The summed E-state index contributed by atoms with van der Waals surface area (Å²) >= 11 is 0. The molecule has 0 saturated carbocycles. The Morgan fingerprint density at radius 2 is 1.90 bits per heavy atom. The molecule has 21 heavy (non-hydrogen) atoms. The Bertz CT molecular complexity index is 612. The van der Waals surface area contributed by atoms with Gasteiger partial charge in [0.15, 0.2) is 0 Å². The van der Waals surface area contributed by atoms with Gasteiger partial charge in [0.2, 0.25) is 0 Å². The highest BCUT2D eigenvalue weighted by atomic mass is 16.5. The third-order valence-electron chi connectivity index (χ3n) is 3.46. The number of para-hydroxylation sites is 1. The molecule has 2 aromatic rings. The van der Waals surface area contributed by atoms with Crippen molar-refractivity contribution < 1.29 is 14.3 Å². The molecule has 1 aliphatic heterocycles. The maximum absolute atomic E-state index is 11.9. The molecule has 108 valence electrons. The van der Waals surface area contributed by atoms with E-state index in [0.717, 1.165) is 23.3 Å². The van der Waals surface area contributed by atoms with Crippen LogP contribution >= 0.6 is 0 Å². The van der Waals surface area contributed by atoms with Gasteiger partial charge in [0.1, 0.15) is 12.4 Å². The number of amides is 1. The van der Waals surface area contributed by atoms with Crippen LogP contribution in [0.3, 0.4) is 0 Å². The summed E-state index contributed by atoms with van der Waals surface area (Å²) in [5, 5.41) is 2.90. The van der Waals surface area contributed by atoms with E-state index in [1.54, 1.807) is 0 Å². The number of hydrogen-bond donors (Lipinski definition) is 1. The molecule has 0 radical (unpaired) electrons. The summed E-state index contributed by atoms with van der Waals surface area (Å²) in [6, 6.07) is 17.3. The number of hydrogen-bond acceptors (Lipinski definition) is 3. The molecule has 1 unspecified atom stereocenters. The van der Waals surface area contributed by atoms with E-state index >= 15 is 0 Å². The van der Waals surface area contributed by atoms with Crippen molar-refractivity contribution in [2.24, 2.45) is 0 Å². The zero-order chi connectivity index (χ0) is 14.5. The smallest absolute Gasteiger partial charge is 0.407 e. The van der Waals surface area contributed by atoms with Crippen LogP contribution in [0.5, 0.6) is 5.75 Å². The van der Waals surface area contributed by atoms with Crippen LogP contribution in [0.2, 0.25) is 0 Å². The minimum absolute atomic E-state index is 0.0572. The zero-order valence-corrected chi connectivity index (χ0v) is 11.6. The summed E-state index contributed by atoms with van der Waals surface area (Å²) in [5.74, 6) is 0.831. The average Bonchev–Trinajstić information content (AvgIpc) is 2.54. The molecule has 1 N–H and O–H groups in total. The summed E-state index contributed by atoms with van der Waals surface area (Å²) in [5.41, 5.74) is 1.97. The largest absolute Gasteiger partial charge is 0.493 e. The van der Waals surface area contributed by atoms with Crippen LogP contribution in [0, 0.1) is 0 Å². The molecule has 1 aliphatic rings. The van der Waals surface area contributed by atoms with Crippen LogP contribution in [0.25, 0.3) is 0 Å². The van der Waals surface area contributed by atoms with Crippen molar-refractivity contribution >= 4 is 6.09 Å². The van der Waals surface area contributed by atoms with Crippen molar-refractivity contribution in [3.05, 3.63) is 65.7 Å². The summed E-state index contributed by atoms with van der Waals surface area (Å²) < 4.78 is 10.8. The van der Waals surface area contributed by atoms with Crippen molar-refractivity contribution in [3.63, 3.8) is 0 Å². The second-order valence-electron chi connectivity index (χ2n) is 4.93. The van der Waals surface area contributed by atoms with Gasteiger partial charge in [0.25, 0.3) is 0 Å². The summed E-state index contributed by atoms with van der Waals surface area (Å²) in [6.07, 6.45) is 0.345. The van der Waals surface area contributed by atoms with Gasteiger partial charge in [0.05, 0.1) is 12.6 Å². The number of carbonyl (C=O) groups excluding carboxylic acids is 1. The Hall–Kier alpha value is -2.49. The number of carbonyl (C=O) groups is 1. The van der Waals surface area contributed by atoms with Crippen molar-refractivity contribution in [2.45, 2.75) is 19.1 Å². The van der Waals surface area contributed by atoms with E-state index in [2.05, 4.69) is 5.32 Å². The number of alkyl carbamates (subject to hydrolysis) is 1. The predicted molar refractivity (Wildman–Crippen MR) is 79.1 cm³/mol. The van der Waals surface area contributed by atoms with E-state index < -0.39 is 6.09 Å². The number of benzene rings is 2. The third-order valence-corrected chi connectivity index (χ3v) is 3.46. The van der Waals surface area contributed by atoms with Crippen LogP contribution in [0.1, 0.15) is 23.6 Å². The first-order valence-electron chi connectivity index (χ1n) is 7.02. The molecule has 4 nitrogen and oxygen atoms in total. The first-order chi connectivity index (χ1) is 10.3. The Labute approximate surface area is 123 Å².